The van der Waals surface area contributed by atoms with Gasteiger partial charge in [0.2, 0.25) is 5.95 Å². The number of fused-ring (bicyclic) bond motifs is 1. The van der Waals surface area contributed by atoms with Crippen molar-refractivity contribution in [1.82, 2.24) is 9.55 Å². The molecule has 0 fully saturated rings. The van der Waals surface area contributed by atoms with E-state index in [1.54, 1.807) is 6.07 Å². The lowest BCUT2D eigenvalue weighted by molar-refractivity contribution is 0.668. The maximum absolute atomic E-state index is 6.29. The highest BCUT2D eigenvalue weighted by molar-refractivity contribution is 6.35. The van der Waals surface area contributed by atoms with Crippen LogP contribution >= 0.6 is 23.2 Å². The van der Waals surface area contributed by atoms with Gasteiger partial charge in [-0.25, -0.2) is 4.98 Å². The van der Waals surface area contributed by atoms with Crippen molar-refractivity contribution in [2.24, 2.45) is 0 Å². The van der Waals surface area contributed by atoms with Crippen molar-refractivity contribution in [1.29, 1.82) is 0 Å². The van der Waals surface area contributed by atoms with Crippen molar-refractivity contribution in [2.75, 3.05) is 5.73 Å². The predicted molar refractivity (Wildman–Crippen MR) is 84.4 cm³/mol. The van der Waals surface area contributed by atoms with Crippen LogP contribution in [0.4, 0.5) is 5.95 Å². The fourth-order valence-corrected chi connectivity index (χ4v) is 3.02. The van der Waals surface area contributed by atoms with Crippen LogP contribution in [-0.4, -0.2) is 9.55 Å². The summed E-state index contributed by atoms with van der Waals surface area (Å²) < 4.78 is 1.98. The van der Waals surface area contributed by atoms with E-state index in [1.807, 2.05) is 47.9 Å². The van der Waals surface area contributed by atoms with Gasteiger partial charge in [-0.05, 0) is 36.8 Å². The van der Waals surface area contributed by atoms with Crippen molar-refractivity contribution in [2.45, 2.75) is 13.0 Å². The third kappa shape index (κ3) is 2.13. The van der Waals surface area contributed by atoms with Crippen LogP contribution in [-0.2, 0) is 0 Å². The summed E-state index contributed by atoms with van der Waals surface area (Å²) in [5, 5.41) is 1.25. The minimum atomic E-state index is -0.0211. The molecule has 1 unspecified atom stereocenters. The molecule has 3 aromatic rings. The molecule has 1 atom stereocenters. The Labute approximate surface area is 126 Å². The van der Waals surface area contributed by atoms with Gasteiger partial charge in [0, 0.05) is 10.0 Å². The molecule has 102 valence electrons. The van der Waals surface area contributed by atoms with Crippen LogP contribution in [0.5, 0.6) is 0 Å². The summed E-state index contributed by atoms with van der Waals surface area (Å²) in [6.45, 7) is 2.04. The van der Waals surface area contributed by atoms with Gasteiger partial charge in [-0.15, -0.1) is 0 Å². The number of aromatic nitrogens is 2. The second-order valence-corrected chi connectivity index (χ2v) is 5.51. The zero-order chi connectivity index (χ0) is 14.3. The molecule has 0 aliphatic carbocycles. The van der Waals surface area contributed by atoms with Crippen molar-refractivity contribution in [3.8, 4) is 0 Å². The lowest BCUT2D eigenvalue weighted by Crippen LogP contribution is -2.10. The lowest BCUT2D eigenvalue weighted by atomic mass is 10.1. The van der Waals surface area contributed by atoms with Crippen LogP contribution in [0, 0.1) is 0 Å². The maximum atomic E-state index is 6.29. The van der Waals surface area contributed by atoms with Crippen molar-refractivity contribution < 1.29 is 0 Å². The second kappa shape index (κ2) is 5.00. The van der Waals surface area contributed by atoms with Gasteiger partial charge in [0.25, 0.3) is 0 Å². The first-order valence-electron chi connectivity index (χ1n) is 6.25. The Morgan fingerprint density at radius 3 is 2.65 bits per heavy atom. The van der Waals surface area contributed by atoms with E-state index in [2.05, 4.69) is 4.98 Å². The highest BCUT2D eigenvalue weighted by Crippen LogP contribution is 2.32. The van der Waals surface area contributed by atoms with E-state index in [0.29, 0.717) is 16.0 Å². The molecule has 20 heavy (non-hydrogen) atoms. The van der Waals surface area contributed by atoms with E-state index in [-0.39, 0.29) is 6.04 Å². The molecule has 0 saturated heterocycles. The number of imidazole rings is 1. The largest absolute Gasteiger partial charge is 0.369 e. The number of benzene rings is 2. The third-order valence-electron chi connectivity index (χ3n) is 3.42. The number of nitrogen functional groups attached to an aromatic ring is 1. The molecule has 1 aromatic heterocycles. The van der Waals surface area contributed by atoms with Crippen molar-refractivity contribution in [3.63, 3.8) is 0 Å². The Balaban J connectivity index is 2.17. The molecular weight excluding hydrogens is 293 g/mol. The van der Waals surface area contributed by atoms with Gasteiger partial charge in [0.1, 0.15) is 0 Å². The number of rotatable bonds is 2. The Morgan fingerprint density at radius 1 is 1.15 bits per heavy atom. The summed E-state index contributed by atoms with van der Waals surface area (Å²) in [5.74, 6) is 0.477. The van der Waals surface area contributed by atoms with E-state index in [4.69, 9.17) is 28.9 Å². The van der Waals surface area contributed by atoms with E-state index in [0.717, 1.165) is 16.6 Å². The number of hydrogen-bond donors (Lipinski definition) is 1. The Hall–Kier alpha value is -1.71. The average molecular weight is 306 g/mol. The summed E-state index contributed by atoms with van der Waals surface area (Å²) in [7, 11) is 0. The van der Waals surface area contributed by atoms with E-state index in [1.165, 1.54) is 0 Å². The lowest BCUT2D eigenvalue weighted by Gasteiger charge is -2.18. The van der Waals surface area contributed by atoms with Crippen LogP contribution in [0.1, 0.15) is 18.5 Å². The quantitative estimate of drug-likeness (QED) is 0.755. The van der Waals surface area contributed by atoms with Gasteiger partial charge in [-0.2, -0.15) is 0 Å². The van der Waals surface area contributed by atoms with Gasteiger partial charge in [0.05, 0.1) is 17.1 Å². The van der Waals surface area contributed by atoms with Gasteiger partial charge >= 0.3 is 0 Å². The molecule has 5 heteroatoms. The molecule has 0 radical (unpaired) electrons. The zero-order valence-electron chi connectivity index (χ0n) is 10.8. The van der Waals surface area contributed by atoms with Gasteiger partial charge in [-0.1, -0.05) is 41.4 Å². The molecule has 0 aliphatic heterocycles. The summed E-state index contributed by atoms with van der Waals surface area (Å²) in [6.07, 6.45) is 0. The first kappa shape index (κ1) is 13.3. The number of nitrogens with two attached hydrogens (primary N) is 1. The smallest absolute Gasteiger partial charge is 0.201 e. The highest BCUT2D eigenvalue weighted by Gasteiger charge is 2.17. The van der Waals surface area contributed by atoms with Crippen LogP contribution in [0.15, 0.2) is 42.5 Å². The number of anilines is 1. The normalized spacial score (nSPS) is 12.8. The molecule has 2 N–H and O–H groups in total. The summed E-state index contributed by atoms with van der Waals surface area (Å²) in [4.78, 5) is 4.38. The fourth-order valence-electron chi connectivity index (χ4n) is 2.45. The zero-order valence-corrected chi connectivity index (χ0v) is 12.4. The van der Waals surface area contributed by atoms with Crippen LogP contribution in [0.25, 0.3) is 11.0 Å². The van der Waals surface area contributed by atoms with Crippen LogP contribution in [0.3, 0.4) is 0 Å². The summed E-state index contributed by atoms with van der Waals surface area (Å²) in [5.41, 5.74) is 8.88. The van der Waals surface area contributed by atoms with Gasteiger partial charge < -0.3 is 10.3 Å². The van der Waals surface area contributed by atoms with Crippen molar-refractivity contribution in [3.05, 3.63) is 58.1 Å². The minimum Gasteiger partial charge on any atom is -0.369 e. The van der Waals surface area contributed by atoms with E-state index >= 15 is 0 Å². The minimum absolute atomic E-state index is 0.0211. The number of nitrogens with zero attached hydrogens (tertiary/aromatic N) is 2. The third-order valence-corrected chi connectivity index (χ3v) is 3.99. The first-order chi connectivity index (χ1) is 9.58. The summed E-state index contributed by atoms with van der Waals surface area (Å²) in [6, 6.07) is 13.3. The number of halogens is 2. The first-order valence-corrected chi connectivity index (χ1v) is 7.01. The predicted octanol–water partition coefficient (Wildman–Crippen LogP) is 4.53. The summed E-state index contributed by atoms with van der Waals surface area (Å²) >= 11 is 12.2. The molecule has 0 aliphatic rings. The maximum Gasteiger partial charge on any atom is 0.201 e. The molecule has 3 rings (SSSR count). The SMILES string of the molecule is CC(c1ccc(Cl)cc1Cl)n1c(N)nc2ccccc21. The number of para-hydroxylation sites is 2. The van der Waals surface area contributed by atoms with Crippen LogP contribution in [0.2, 0.25) is 10.0 Å². The van der Waals surface area contributed by atoms with Gasteiger partial charge in [-0.3, -0.25) is 0 Å². The Morgan fingerprint density at radius 2 is 1.90 bits per heavy atom. The number of hydrogen-bond acceptors (Lipinski definition) is 2. The Kier molecular flexibility index (Phi) is 3.32. The average Bonchev–Trinajstić information content (AvgIpc) is 2.73. The molecule has 0 amide bonds. The molecule has 0 bridgehead atoms. The Bertz CT molecular complexity index is 780. The molecule has 2 aromatic carbocycles. The fraction of sp³-hybridized carbons (Fsp3) is 0.133. The second-order valence-electron chi connectivity index (χ2n) is 4.67. The van der Waals surface area contributed by atoms with Crippen LogP contribution < -0.4 is 5.73 Å². The molecule has 3 nitrogen and oxygen atoms in total. The monoisotopic (exact) mass is 305 g/mol. The standard InChI is InChI=1S/C15H13Cl2N3/c1-9(11-7-6-10(16)8-12(11)17)20-14-5-3-2-4-13(14)19-15(20)18/h2-9H,1H3,(H2,18,19). The van der Waals surface area contributed by atoms with Gasteiger partial charge in [0.15, 0.2) is 0 Å². The molecule has 0 spiro atoms. The van der Waals surface area contributed by atoms with E-state index < -0.39 is 0 Å². The molecular formula is C15H13Cl2N3. The topological polar surface area (TPSA) is 43.8 Å². The van der Waals surface area contributed by atoms with Crippen molar-refractivity contribution >= 4 is 40.2 Å². The highest BCUT2D eigenvalue weighted by atomic mass is 35.5. The molecule has 0 saturated carbocycles. The van der Waals surface area contributed by atoms with E-state index in [9.17, 15) is 0 Å². The molecule has 1 heterocycles.